The highest BCUT2D eigenvalue weighted by Crippen LogP contribution is 2.53. The van der Waals surface area contributed by atoms with E-state index in [1.54, 1.807) is 6.20 Å². The first-order chi connectivity index (χ1) is 26.3. The van der Waals surface area contributed by atoms with Gasteiger partial charge in [-0.05, 0) is 114 Å². The van der Waals surface area contributed by atoms with Crippen molar-refractivity contribution in [2.24, 2.45) is 5.41 Å². The first-order valence-electron chi connectivity index (χ1n) is 19.6. The number of carbonyl (C=O) groups excluding carboxylic acids is 1. The Morgan fingerprint density at radius 1 is 1.00 bits per heavy atom. The van der Waals surface area contributed by atoms with Crippen LogP contribution < -0.4 is 14.5 Å². The zero-order valence-electron chi connectivity index (χ0n) is 32.4. The number of aryl methyl sites for hydroxylation is 1. The molecule has 1 aliphatic carbocycles. The molecule has 5 heterocycles. The third-order valence-electron chi connectivity index (χ3n) is 12.4. The molecule has 11 nitrogen and oxygen atoms in total. The number of aromatic nitrogens is 4. The van der Waals surface area contributed by atoms with E-state index in [1.807, 2.05) is 24.0 Å². The van der Waals surface area contributed by atoms with Crippen LogP contribution in [0.3, 0.4) is 0 Å². The maximum absolute atomic E-state index is 14.2. The Morgan fingerprint density at radius 2 is 1.75 bits per heavy atom. The van der Waals surface area contributed by atoms with Crippen LogP contribution in [-0.4, -0.2) is 133 Å². The van der Waals surface area contributed by atoms with Gasteiger partial charge in [0, 0.05) is 73.6 Å². The quantitative estimate of drug-likeness (QED) is 0.206. The van der Waals surface area contributed by atoms with Crippen LogP contribution in [0.15, 0.2) is 37.1 Å². The second kappa shape index (κ2) is 14.6. The predicted molar refractivity (Wildman–Crippen MR) is 210 cm³/mol. The highest BCUT2D eigenvalue weighted by atomic mass is 19.4. The maximum Gasteiger partial charge on any atom is 0.422 e. The lowest BCUT2D eigenvalue weighted by molar-refractivity contribution is -0.153. The van der Waals surface area contributed by atoms with Gasteiger partial charge in [-0.15, -0.1) is 0 Å². The number of benzene rings is 2. The highest BCUT2D eigenvalue weighted by Gasteiger charge is 2.47. The molecule has 1 atom stereocenters. The lowest BCUT2D eigenvalue weighted by Gasteiger charge is -2.54. The number of likely N-dealkylation sites (N-methyl/N-ethyl adjacent to an activating group) is 1. The number of anilines is 2. The van der Waals surface area contributed by atoms with Gasteiger partial charge in [0.1, 0.15) is 11.3 Å². The van der Waals surface area contributed by atoms with Gasteiger partial charge in [0.05, 0.1) is 11.7 Å². The summed E-state index contributed by atoms with van der Waals surface area (Å²) in [5.74, 6) is 1.52. The summed E-state index contributed by atoms with van der Waals surface area (Å²) in [6.07, 6.45) is 4.12. The fourth-order valence-electron chi connectivity index (χ4n) is 8.95. The third-order valence-corrected chi connectivity index (χ3v) is 12.4. The molecule has 4 aromatic rings. The van der Waals surface area contributed by atoms with E-state index >= 15 is 0 Å². The number of alkyl halides is 3. The van der Waals surface area contributed by atoms with Crippen LogP contribution in [0.25, 0.3) is 32.9 Å². The molecule has 1 amide bonds. The minimum Gasteiger partial charge on any atom is -0.481 e. The minimum absolute atomic E-state index is 0.0400. The van der Waals surface area contributed by atoms with Crippen molar-refractivity contribution < 1.29 is 22.7 Å². The van der Waals surface area contributed by atoms with Gasteiger partial charge in [-0.1, -0.05) is 12.6 Å². The Balaban J connectivity index is 1.31. The topological polar surface area (TPSA) is 97.0 Å². The van der Waals surface area contributed by atoms with E-state index in [2.05, 4.69) is 63.6 Å². The van der Waals surface area contributed by atoms with Gasteiger partial charge in [0.2, 0.25) is 11.9 Å². The molecule has 4 aliphatic rings. The molecule has 2 aromatic carbocycles. The lowest BCUT2D eigenvalue weighted by atomic mass is 9.72. The predicted octanol–water partition coefficient (Wildman–Crippen LogP) is 6.38. The Labute approximate surface area is 320 Å². The number of hydrogen-bond donors (Lipinski definition) is 1. The number of aromatic amines is 1. The largest absolute Gasteiger partial charge is 0.481 e. The lowest BCUT2D eigenvalue weighted by Crippen LogP contribution is -2.61. The van der Waals surface area contributed by atoms with Gasteiger partial charge in [-0.3, -0.25) is 9.89 Å². The van der Waals surface area contributed by atoms with Crippen LogP contribution in [0.1, 0.15) is 55.6 Å². The van der Waals surface area contributed by atoms with E-state index in [0.29, 0.717) is 67.7 Å². The first-order valence-corrected chi connectivity index (χ1v) is 19.6. The molecule has 3 saturated heterocycles. The number of fused-ring (bicyclic) bond motifs is 2. The van der Waals surface area contributed by atoms with Crippen LogP contribution in [-0.2, 0) is 4.79 Å². The molecule has 4 fully saturated rings. The van der Waals surface area contributed by atoms with E-state index in [9.17, 15) is 18.0 Å². The zero-order chi connectivity index (χ0) is 38.6. The van der Waals surface area contributed by atoms with Gasteiger partial charge < -0.3 is 29.2 Å². The maximum atomic E-state index is 14.2. The number of rotatable bonds is 8. The second-order valence-corrected chi connectivity index (χ2v) is 16.6. The van der Waals surface area contributed by atoms with E-state index in [0.717, 1.165) is 85.0 Å². The molecular formula is C41H52F3N9O2. The van der Waals surface area contributed by atoms with Gasteiger partial charge >= 0.3 is 6.18 Å². The van der Waals surface area contributed by atoms with Gasteiger partial charge in [-0.25, -0.2) is 4.98 Å². The molecular weight excluding hydrogens is 708 g/mol. The van der Waals surface area contributed by atoms with E-state index in [-0.39, 0.29) is 23.0 Å². The average Bonchev–Trinajstić information content (AvgIpc) is 3.86. The number of amides is 1. The summed E-state index contributed by atoms with van der Waals surface area (Å²) in [6.45, 7) is 10.2. The molecule has 0 radical (unpaired) electrons. The number of halogens is 3. The highest BCUT2D eigenvalue weighted by molar-refractivity contribution is 6.06. The molecule has 1 saturated carbocycles. The Morgan fingerprint density at radius 3 is 2.44 bits per heavy atom. The Kier molecular flexibility index (Phi) is 9.94. The average molecular weight is 760 g/mol. The Bertz CT molecular complexity index is 2080. The number of hydrogen-bond acceptors (Lipinski definition) is 9. The second-order valence-electron chi connectivity index (χ2n) is 16.6. The molecule has 294 valence electrons. The number of nitrogens with one attached hydrogen (secondary N) is 1. The molecule has 3 aliphatic heterocycles. The summed E-state index contributed by atoms with van der Waals surface area (Å²) in [7, 11) is 6.35. The molecule has 2 aromatic heterocycles. The number of carbonyl (C=O) groups is 1. The summed E-state index contributed by atoms with van der Waals surface area (Å²) >= 11 is 0. The molecule has 0 unspecified atom stereocenters. The fourth-order valence-corrected chi connectivity index (χ4v) is 8.95. The normalized spacial score (nSPS) is 21.2. The van der Waals surface area contributed by atoms with Gasteiger partial charge in [-0.2, -0.15) is 23.3 Å². The van der Waals surface area contributed by atoms with Crippen LogP contribution in [0, 0.1) is 12.3 Å². The van der Waals surface area contributed by atoms with Crippen molar-refractivity contribution in [2.45, 2.75) is 63.6 Å². The summed E-state index contributed by atoms with van der Waals surface area (Å²) in [5, 5.41) is 8.92. The zero-order valence-corrected chi connectivity index (χ0v) is 32.4. The standard InChI is InChI=1S/C41H52F3N9O2/c1-6-33(54)53-23-40(24-53)13-17-51(18-14-40)38-30-21-29(27-8-9-27)35(34-26(2)7-10-32-31(34)22-45-48-32)37(55-25-41(42,43)44)36(30)46-39(47-38)52-16-12-28(49(3)4)11-15-50(5)19-20-52/h6-7,10,21-22,27-28H,1,8-9,11-20,23-25H2,2-5H3,(H,45,48)/t28-/m1/s1. The van der Waals surface area contributed by atoms with Gasteiger partial charge in [0.25, 0.3) is 0 Å². The van der Waals surface area contributed by atoms with Crippen LogP contribution in [0.4, 0.5) is 24.9 Å². The first kappa shape index (κ1) is 37.5. The van der Waals surface area contributed by atoms with Crippen LogP contribution in [0.5, 0.6) is 5.75 Å². The summed E-state index contributed by atoms with van der Waals surface area (Å²) < 4.78 is 48.7. The van der Waals surface area contributed by atoms with Crippen LogP contribution >= 0.6 is 0 Å². The monoisotopic (exact) mass is 759 g/mol. The summed E-state index contributed by atoms with van der Waals surface area (Å²) in [4.78, 5) is 33.9. The third kappa shape index (κ3) is 7.47. The van der Waals surface area contributed by atoms with E-state index < -0.39 is 12.8 Å². The van der Waals surface area contributed by atoms with Crippen molar-refractivity contribution in [3.05, 3.63) is 48.2 Å². The van der Waals surface area contributed by atoms with Gasteiger partial charge in [0.15, 0.2) is 12.4 Å². The molecule has 1 N–H and O–H groups in total. The Hall–Kier alpha value is -4.43. The van der Waals surface area contributed by atoms with E-state index in [4.69, 9.17) is 14.7 Å². The fraction of sp³-hybridized carbons (Fsp3) is 0.561. The molecule has 55 heavy (non-hydrogen) atoms. The van der Waals surface area contributed by atoms with E-state index in [1.165, 1.54) is 6.08 Å². The number of piperidine rings is 1. The van der Waals surface area contributed by atoms with Crippen LogP contribution in [0.2, 0.25) is 0 Å². The van der Waals surface area contributed by atoms with Crippen molar-refractivity contribution in [1.29, 1.82) is 0 Å². The molecule has 1 spiro atoms. The number of H-pyrrole nitrogens is 1. The van der Waals surface area contributed by atoms with Crippen molar-refractivity contribution in [1.82, 2.24) is 34.9 Å². The smallest absolute Gasteiger partial charge is 0.422 e. The molecule has 14 heteroatoms. The summed E-state index contributed by atoms with van der Waals surface area (Å²) in [6, 6.07) is 6.43. The number of ether oxygens (including phenoxy) is 1. The minimum atomic E-state index is -4.56. The SMILES string of the molecule is C=CC(=O)N1CC2(CCN(c3nc(N4CC[C@H](N(C)C)CCN(C)CC4)nc4c(OCC(F)(F)F)c(-c5c(C)ccc6[nH]ncc56)c(C5CC5)cc34)CC2)C1. The van der Waals surface area contributed by atoms with Crippen molar-refractivity contribution >= 4 is 39.5 Å². The summed E-state index contributed by atoms with van der Waals surface area (Å²) in [5.41, 5.74) is 4.60. The molecule has 8 rings (SSSR count). The number of nitrogens with zero attached hydrogens (tertiary/aromatic N) is 8. The van der Waals surface area contributed by atoms with Crippen molar-refractivity contribution in [3.8, 4) is 16.9 Å². The molecule has 0 bridgehead atoms. The van der Waals surface area contributed by atoms with Crippen molar-refractivity contribution in [3.63, 3.8) is 0 Å². The van der Waals surface area contributed by atoms with Crippen molar-refractivity contribution in [2.75, 3.05) is 89.9 Å². The number of likely N-dealkylation sites (tertiary alicyclic amines) is 1.